The molecule has 1 aliphatic rings. The van der Waals surface area contributed by atoms with Gasteiger partial charge in [0.2, 0.25) is 0 Å². The van der Waals surface area contributed by atoms with E-state index in [0.717, 1.165) is 67.1 Å². The fourth-order valence-corrected chi connectivity index (χ4v) is 11.0. The van der Waals surface area contributed by atoms with E-state index >= 15 is 0 Å². The molecule has 14 aromatic rings. The first-order valence-electron chi connectivity index (χ1n) is 22.2. The summed E-state index contributed by atoms with van der Waals surface area (Å²) in [4.78, 5) is 0. The van der Waals surface area contributed by atoms with E-state index < -0.39 is 0 Å². The van der Waals surface area contributed by atoms with E-state index in [1.807, 2.05) is 24.3 Å². The topological polar surface area (TPSA) is 37.2 Å². The standard InChI is InChI=1S/C60H35N3O2/c1-5-15-49-42(11-1)47-33-37(38-24-31-53-48(34-38)43-12-2-6-16-50(43)62(53)40-27-28-45-44-13-4-9-19-55(44)64-58(45)35-40)23-30-52(47)61(49)39-25-21-36(22-26-39)41-29-32-57-60-59(41)46-14-3-7-17-51(46)63(60)54-18-8-10-20-56(54)65-57/h1-35H. The molecule has 0 bridgehead atoms. The van der Waals surface area contributed by atoms with Crippen molar-refractivity contribution in [3.8, 4) is 50.8 Å². The summed E-state index contributed by atoms with van der Waals surface area (Å²) in [6.45, 7) is 0. The fourth-order valence-electron chi connectivity index (χ4n) is 11.0. The predicted octanol–water partition coefficient (Wildman–Crippen LogP) is 16.3. The van der Waals surface area contributed by atoms with Gasteiger partial charge in [-0.3, -0.25) is 0 Å². The van der Waals surface area contributed by atoms with Gasteiger partial charge in [-0.2, -0.15) is 0 Å². The van der Waals surface area contributed by atoms with Crippen LogP contribution in [-0.4, -0.2) is 13.7 Å². The number of hydrogen-bond donors (Lipinski definition) is 0. The summed E-state index contributed by atoms with van der Waals surface area (Å²) >= 11 is 0. The summed E-state index contributed by atoms with van der Waals surface area (Å²) in [5, 5.41) is 9.59. The van der Waals surface area contributed by atoms with Crippen molar-refractivity contribution in [3.63, 3.8) is 0 Å². The Morgan fingerprint density at radius 3 is 1.57 bits per heavy atom. The van der Waals surface area contributed by atoms with Crippen molar-refractivity contribution in [2.24, 2.45) is 0 Å². The lowest BCUT2D eigenvalue weighted by molar-refractivity contribution is 0.476. The first-order valence-corrected chi connectivity index (χ1v) is 22.2. The number of para-hydroxylation sites is 6. The smallest absolute Gasteiger partial charge is 0.152 e. The Hall–Kier alpha value is -8.80. The lowest BCUT2D eigenvalue weighted by atomic mass is 9.98. The molecule has 0 fully saturated rings. The van der Waals surface area contributed by atoms with Crippen LogP contribution in [0.1, 0.15) is 0 Å². The van der Waals surface area contributed by atoms with Gasteiger partial charge in [0.1, 0.15) is 11.2 Å². The Kier molecular flexibility index (Phi) is 6.89. The van der Waals surface area contributed by atoms with Gasteiger partial charge >= 0.3 is 0 Å². The summed E-state index contributed by atoms with van der Waals surface area (Å²) in [5.41, 5.74) is 16.8. The van der Waals surface area contributed by atoms with Crippen LogP contribution in [0.15, 0.2) is 217 Å². The molecule has 0 amide bonds. The molecule has 0 aliphatic carbocycles. The second-order valence-corrected chi connectivity index (χ2v) is 17.3. The van der Waals surface area contributed by atoms with Crippen LogP contribution in [0, 0.1) is 0 Å². The second-order valence-electron chi connectivity index (χ2n) is 17.3. The van der Waals surface area contributed by atoms with E-state index in [1.54, 1.807) is 0 Å². The number of nitrogens with zero attached hydrogens (tertiary/aromatic N) is 3. The zero-order chi connectivity index (χ0) is 42.3. The van der Waals surface area contributed by atoms with Gasteiger partial charge in [0, 0.05) is 60.5 Å². The van der Waals surface area contributed by atoms with Crippen molar-refractivity contribution in [2.75, 3.05) is 0 Å². The molecule has 0 radical (unpaired) electrons. The lowest BCUT2D eigenvalue weighted by Crippen LogP contribution is -2.03. The maximum Gasteiger partial charge on any atom is 0.152 e. The third kappa shape index (κ3) is 4.81. The van der Waals surface area contributed by atoms with E-state index in [-0.39, 0.29) is 0 Å². The van der Waals surface area contributed by atoms with Crippen LogP contribution in [0.4, 0.5) is 0 Å². The van der Waals surface area contributed by atoms with Gasteiger partial charge in [-0.1, -0.05) is 109 Å². The monoisotopic (exact) mass is 829 g/mol. The van der Waals surface area contributed by atoms with E-state index in [0.29, 0.717) is 0 Å². The highest BCUT2D eigenvalue weighted by Gasteiger charge is 2.26. The number of benzene rings is 10. The fraction of sp³-hybridized carbons (Fsp3) is 0. The Balaban J connectivity index is 0.841. The summed E-state index contributed by atoms with van der Waals surface area (Å²) < 4.78 is 20.0. The van der Waals surface area contributed by atoms with Crippen LogP contribution in [0.25, 0.3) is 127 Å². The number of hydrogen-bond acceptors (Lipinski definition) is 2. The molecule has 65 heavy (non-hydrogen) atoms. The SMILES string of the molecule is c1ccc2c(c1)Oc1ccc(-c3ccc(-n4c5ccccc5c5cc(-c6ccc7c(c6)c6ccccc6n7-c6ccc7c(c6)oc6ccccc67)ccc54)cc3)c3c4ccccc4n-2c13. The number of furan rings is 1. The van der Waals surface area contributed by atoms with Crippen molar-refractivity contribution in [2.45, 2.75) is 0 Å². The van der Waals surface area contributed by atoms with E-state index in [4.69, 9.17) is 9.15 Å². The average molecular weight is 830 g/mol. The van der Waals surface area contributed by atoms with Crippen molar-refractivity contribution in [3.05, 3.63) is 212 Å². The minimum atomic E-state index is 0.872. The molecule has 302 valence electrons. The molecule has 0 N–H and O–H groups in total. The Bertz CT molecular complexity index is 4330. The summed E-state index contributed by atoms with van der Waals surface area (Å²) in [7, 11) is 0. The normalized spacial score (nSPS) is 12.4. The van der Waals surface area contributed by atoms with E-state index in [2.05, 4.69) is 202 Å². The molecule has 0 unspecified atom stereocenters. The first kappa shape index (κ1) is 34.7. The molecule has 0 saturated heterocycles. The van der Waals surface area contributed by atoms with Gasteiger partial charge in [-0.05, 0) is 119 Å². The van der Waals surface area contributed by atoms with Crippen LogP contribution in [-0.2, 0) is 0 Å². The maximum atomic E-state index is 6.50. The van der Waals surface area contributed by atoms with Crippen LogP contribution in [0.5, 0.6) is 11.5 Å². The van der Waals surface area contributed by atoms with E-state index in [1.165, 1.54) is 71.1 Å². The quantitative estimate of drug-likeness (QED) is 0.177. The molecule has 15 rings (SSSR count). The number of aromatic nitrogens is 3. The largest absolute Gasteiger partial charge is 0.456 e. The molecule has 1 aliphatic heterocycles. The Labute approximate surface area is 371 Å². The zero-order valence-corrected chi connectivity index (χ0v) is 34.9. The molecular formula is C60H35N3O2. The number of rotatable bonds is 4. The van der Waals surface area contributed by atoms with Gasteiger partial charge in [-0.15, -0.1) is 0 Å². The summed E-state index contributed by atoms with van der Waals surface area (Å²) in [6.07, 6.45) is 0. The molecule has 5 heterocycles. The third-order valence-corrected chi connectivity index (χ3v) is 13.8. The molecule has 0 spiro atoms. The first-order chi connectivity index (χ1) is 32.2. The van der Waals surface area contributed by atoms with Crippen LogP contribution >= 0.6 is 0 Å². The average Bonchev–Trinajstić information content (AvgIpc) is 4.11. The molecule has 4 aromatic heterocycles. The van der Waals surface area contributed by atoms with Gasteiger partial charge < -0.3 is 22.9 Å². The highest BCUT2D eigenvalue weighted by Crippen LogP contribution is 2.49. The predicted molar refractivity (Wildman–Crippen MR) is 268 cm³/mol. The van der Waals surface area contributed by atoms with Gasteiger partial charge in [-0.25, -0.2) is 0 Å². The Morgan fingerprint density at radius 2 is 0.846 bits per heavy atom. The highest BCUT2D eigenvalue weighted by atomic mass is 16.5. The number of fused-ring (bicyclic) bond motifs is 14. The molecule has 0 saturated carbocycles. The van der Waals surface area contributed by atoms with Gasteiger partial charge in [0.05, 0.1) is 38.8 Å². The van der Waals surface area contributed by atoms with Gasteiger partial charge in [0.15, 0.2) is 11.5 Å². The summed E-state index contributed by atoms with van der Waals surface area (Å²) in [5.74, 6) is 1.75. The second kappa shape index (κ2) is 12.9. The summed E-state index contributed by atoms with van der Waals surface area (Å²) in [6, 6.07) is 76.6. The van der Waals surface area contributed by atoms with Crippen LogP contribution in [0.3, 0.4) is 0 Å². The van der Waals surface area contributed by atoms with E-state index in [9.17, 15) is 0 Å². The molecule has 10 aromatic carbocycles. The minimum Gasteiger partial charge on any atom is -0.456 e. The van der Waals surface area contributed by atoms with Crippen molar-refractivity contribution in [1.29, 1.82) is 0 Å². The maximum absolute atomic E-state index is 6.50. The lowest BCUT2D eigenvalue weighted by Gasteiger charge is -2.21. The van der Waals surface area contributed by atoms with Gasteiger partial charge in [0.25, 0.3) is 0 Å². The minimum absolute atomic E-state index is 0.872. The number of ether oxygens (including phenoxy) is 1. The van der Waals surface area contributed by atoms with Crippen molar-refractivity contribution in [1.82, 2.24) is 13.7 Å². The molecule has 5 heteroatoms. The third-order valence-electron chi connectivity index (χ3n) is 13.8. The Morgan fingerprint density at radius 1 is 0.308 bits per heavy atom. The van der Waals surface area contributed by atoms with Crippen LogP contribution in [0.2, 0.25) is 0 Å². The molecule has 0 atom stereocenters. The highest BCUT2D eigenvalue weighted by molar-refractivity contribution is 6.18. The molecular weight excluding hydrogens is 795 g/mol. The van der Waals surface area contributed by atoms with Crippen LogP contribution < -0.4 is 4.74 Å². The van der Waals surface area contributed by atoms with Crippen molar-refractivity contribution < 1.29 is 9.15 Å². The van der Waals surface area contributed by atoms with Crippen molar-refractivity contribution >= 4 is 87.4 Å². The zero-order valence-electron chi connectivity index (χ0n) is 34.9. The molecule has 5 nitrogen and oxygen atoms in total.